The lowest BCUT2D eigenvalue weighted by Crippen LogP contribution is -2.43. The van der Waals surface area contributed by atoms with E-state index in [0.717, 1.165) is 5.56 Å². The van der Waals surface area contributed by atoms with Crippen LogP contribution in [0, 0.1) is 18.8 Å². The summed E-state index contributed by atoms with van der Waals surface area (Å²) >= 11 is 0. The lowest BCUT2D eigenvalue weighted by molar-refractivity contribution is -0.128. The van der Waals surface area contributed by atoms with Crippen molar-refractivity contribution >= 4 is 17.5 Å². The summed E-state index contributed by atoms with van der Waals surface area (Å²) in [5.74, 6) is -1.65. The topological polar surface area (TPSA) is 66.8 Å². The predicted molar refractivity (Wildman–Crippen MR) is 74.5 cm³/mol. The normalized spacial score (nSPS) is 36.7. The molecule has 5 nitrogen and oxygen atoms in total. The zero-order valence-corrected chi connectivity index (χ0v) is 11.5. The molecule has 0 unspecified atom stereocenters. The Bertz CT molecular complexity index is 683. The smallest absolute Gasteiger partial charge is 0.241 e. The summed E-state index contributed by atoms with van der Waals surface area (Å²) in [6.45, 7) is 1.58. The Balaban J connectivity index is 1.81. The molecule has 3 aliphatic rings. The van der Waals surface area contributed by atoms with Crippen LogP contribution >= 0.6 is 0 Å². The van der Waals surface area contributed by atoms with Gasteiger partial charge >= 0.3 is 0 Å². The molecule has 3 heterocycles. The van der Waals surface area contributed by atoms with E-state index < -0.39 is 23.5 Å². The van der Waals surface area contributed by atoms with E-state index >= 15 is 0 Å². The Morgan fingerprint density at radius 2 is 2.05 bits per heavy atom. The maximum Gasteiger partial charge on any atom is 0.241 e. The second-order valence-electron chi connectivity index (χ2n) is 5.86. The molecule has 4 rings (SSSR count). The Hall–Kier alpha value is -1.98. The van der Waals surface area contributed by atoms with Gasteiger partial charge in [-0.2, -0.15) is 0 Å². The molecule has 2 saturated heterocycles. The molecule has 108 valence electrons. The molecule has 1 aromatic carbocycles. The second-order valence-corrected chi connectivity index (χ2v) is 5.86. The monoisotopic (exact) mass is 285 g/mol. The average Bonchev–Trinajstić information content (AvgIpc) is 3.12. The van der Waals surface area contributed by atoms with Crippen LogP contribution in [0.1, 0.15) is 5.56 Å². The van der Waals surface area contributed by atoms with Crippen molar-refractivity contribution in [3.05, 3.63) is 42.0 Å². The van der Waals surface area contributed by atoms with Crippen LogP contribution in [-0.4, -0.2) is 35.2 Å². The molecule has 2 fully saturated rings. The Morgan fingerprint density at radius 1 is 1.29 bits per heavy atom. The lowest BCUT2D eigenvalue weighted by Gasteiger charge is -2.26. The maximum absolute atomic E-state index is 12.8. The van der Waals surface area contributed by atoms with Crippen molar-refractivity contribution < 1.29 is 19.4 Å². The zero-order valence-electron chi connectivity index (χ0n) is 11.5. The summed E-state index contributed by atoms with van der Waals surface area (Å²) < 4.78 is 5.70. The molecule has 0 aromatic heterocycles. The Kier molecular flexibility index (Phi) is 2.44. The van der Waals surface area contributed by atoms with Gasteiger partial charge < -0.3 is 9.84 Å². The number of carbonyl (C=O) groups is 2. The minimum Gasteiger partial charge on any atom is -0.393 e. The van der Waals surface area contributed by atoms with E-state index in [1.807, 2.05) is 25.1 Å². The third kappa shape index (κ3) is 1.42. The molecule has 5 heteroatoms. The van der Waals surface area contributed by atoms with Crippen molar-refractivity contribution in [2.24, 2.45) is 11.8 Å². The number of ether oxygens (including phenoxy) is 1. The fourth-order valence-electron chi connectivity index (χ4n) is 3.74. The molecular weight excluding hydrogens is 270 g/mol. The van der Waals surface area contributed by atoms with Crippen molar-refractivity contribution in [3.63, 3.8) is 0 Å². The number of fused-ring (bicyclic) bond motifs is 5. The van der Waals surface area contributed by atoms with Gasteiger partial charge in [-0.1, -0.05) is 30.4 Å². The number of carbonyl (C=O) groups excluding carboxylic acids is 2. The van der Waals surface area contributed by atoms with Crippen LogP contribution in [-0.2, 0) is 14.3 Å². The molecule has 1 N–H and O–H groups in total. The molecule has 2 amide bonds. The Labute approximate surface area is 121 Å². The maximum atomic E-state index is 12.8. The predicted octanol–water partition coefficient (Wildman–Crippen LogP) is 0.800. The largest absolute Gasteiger partial charge is 0.393 e. The number of imide groups is 1. The van der Waals surface area contributed by atoms with E-state index in [1.165, 1.54) is 4.90 Å². The lowest BCUT2D eigenvalue weighted by atomic mass is 9.77. The van der Waals surface area contributed by atoms with Crippen LogP contribution in [0.3, 0.4) is 0 Å². The average molecular weight is 285 g/mol. The summed E-state index contributed by atoms with van der Waals surface area (Å²) in [7, 11) is 0. The highest BCUT2D eigenvalue weighted by Gasteiger charge is 2.67. The first-order valence-corrected chi connectivity index (χ1v) is 7.00. The molecule has 0 aliphatic carbocycles. The van der Waals surface area contributed by atoms with E-state index in [2.05, 4.69) is 0 Å². The highest BCUT2D eigenvalue weighted by atomic mass is 16.5. The standard InChI is InChI=1S/C16H15NO4/c1-9-4-2-3-5-10(9)17-14(19)12-11-6-7-16(8-18,21-11)13(12)15(17)20/h2-7,11-13,18H,8H2,1H3/t11-,12+,13-,16-/m0/s1. The number of anilines is 1. The summed E-state index contributed by atoms with van der Waals surface area (Å²) in [6, 6.07) is 7.32. The van der Waals surface area contributed by atoms with Gasteiger partial charge in [-0.05, 0) is 18.6 Å². The number of hydrogen-bond donors (Lipinski definition) is 1. The number of nitrogens with zero attached hydrogens (tertiary/aromatic N) is 1. The van der Waals surface area contributed by atoms with E-state index in [0.29, 0.717) is 5.69 Å². The van der Waals surface area contributed by atoms with E-state index in [9.17, 15) is 14.7 Å². The molecule has 21 heavy (non-hydrogen) atoms. The van der Waals surface area contributed by atoms with E-state index in [-0.39, 0.29) is 18.4 Å². The van der Waals surface area contributed by atoms with Gasteiger partial charge in [-0.15, -0.1) is 0 Å². The van der Waals surface area contributed by atoms with Crippen molar-refractivity contribution in [2.75, 3.05) is 11.5 Å². The van der Waals surface area contributed by atoms with Crippen molar-refractivity contribution in [1.29, 1.82) is 0 Å². The van der Waals surface area contributed by atoms with Crippen LogP contribution in [0.4, 0.5) is 5.69 Å². The van der Waals surface area contributed by atoms with Crippen LogP contribution in [0.5, 0.6) is 0 Å². The number of para-hydroxylation sites is 1. The number of aliphatic hydroxyl groups excluding tert-OH is 1. The number of benzene rings is 1. The fourth-order valence-corrected chi connectivity index (χ4v) is 3.74. The van der Waals surface area contributed by atoms with Gasteiger partial charge in [-0.3, -0.25) is 9.59 Å². The number of aryl methyl sites for hydroxylation is 1. The third-order valence-electron chi connectivity index (χ3n) is 4.76. The molecule has 2 bridgehead atoms. The van der Waals surface area contributed by atoms with Crippen LogP contribution < -0.4 is 4.90 Å². The van der Waals surface area contributed by atoms with Crippen molar-refractivity contribution in [3.8, 4) is 0 Å². The van der Waals surface area contributed by atoms with Gasteiger partial charge in [0.05, 0.1) is 30.2 Å². The number of hydrogen-bond acceptors (Lipinski definition) is 4. The number of aliphatic hydroxyl groups is 1. The van der Waals surface area contributed by atoms with Gasteiger partial charge in [-0.25, -0.2) is 4.90 Å². The molecule has 0 saturated carbocycles. The fraction of sp³-hybridized carbons (Fsp3) is 0.375. The number of amides is 2. The first-order valence-electron chi connectivity index (χ1n) is 7.00. The van der Waals surface area contributed by atoms with Crippen molar-refractivity contribution in [2.45, 2.75) is 18.6 Å². The summed E-state index contributed by atoms with van der Waals surface area (Å²) in [4.78, 5) is 26.8. The molecular formula is C16H15NO4. The second kappa shape index (κ2) is 4.02. The van der Waals surface area contributed by atoms with Crippen LogP contribution in [0.15, 0.2) is 36.4 Å². The highest BCUT2D eigenvalue weighted by Crippen LogP contribution is 2.52. The molecule has 0 spiro atoms. The summed E-state index contributed by atoms with van der Waals surface area (Å²) in [5.41, 5.74) is 0.465. The molecule has 1 aromatic rings. The molecule has 4 atom stereocenters. The minimum absolute atomic E-state index is 0.232. The minimum atomic E-state index is -1.03. The van der Waals surface area contributed by atoms with E-state index in [4.69, 9.17) is 4.74 Å². The van der Waals surface area contributed by atoms with E-state index in [1.54, 1.807) is 18.2 Å². The van der Waals surface area contributed by atoms with Gasteiger partial charge in [0.2, 0.25) is 11.8 Å². The summed E-state index contributed by atoms with van der Waals surface area (Å²) in [5, 5.41) is 9.65. The highest BCUT2D eigenvalue weighted by molar-refractivity contribution is 6.23. The SMILES string of the molecule is Cc1ccccc1N1C(=O)[C@@H]2[C@@H]3C=C[C@@](CO)(O3)[C@@H]2C1=O. The van der Waals surface area contributed by atoms with Crippen molar-refractivity contribution in [1.82, 2.24) is 0 Å². The first kappa shape index (κ1) is 12.7. The van der Waals surface area contributed by atoms with Crippen LogP contribution in [0.25, 0.3) is 0 Å². The third-order valence-corrected chi connectivity index (χ3v) is 4.76. The zero-order chi connectivity index (χ0) is 14.8. The van der Waals surface area contributed by atoms with Gasteiger partial charge in [0, 0.05) is 0 Å². The molecule has 0 radical (unpaired) electrons. The Morgan fingerprint density at radius 3 is 2.76 bits per heavy atom. The van der Waals surface area contributed by atoms with Gasteiger partial charge in [0.25, 0.3) is 0 Å². The quantitative estimate of drug-likeness (QED) is 0.645. The summed E-state index contributed by atoms with van der Waals surface area (Å²) in [6.07, 6.45) is 3.10. The van der Waals surface area contributed by atoms with Crippen LogP contribution in [0.2, 0.25) is 0 Å². The first-order chi connectivity index (χ1) is 10.1. The number of rotatable bonds is 2. The molecule has 3 aliphatic heterocycles. The van der Waals surface area contributed by atoms with Gasteiger partial charge in [0.1, 0.15) is 5.60 Å². The van der Waals surface area contributed by atoms with Gasteiger partial charge in [0.15, 0.2) is 0 Å².